The van der Waals surface area contributed by atoms with Gasteiger partial charge < -0.3 is 0 Å². The number of carbonyl (C=O) groups excluding carboxylic acids is 1. The molecule has 0 radical (unpaired) electrons. The average Bonchev–Trinajstić information content (AvgIpc) is 2.68. The van der Waals surface area contributed by atoms with Crippen LogP contribution in [-0.2, 0) is 9.84 Å². The van der Waals surface area contributed by atoms with E-state index in [4.69, 9.17) is 0 Å². The summed E-state index contributed by atoms with van der Waals surface area (Å²) >= 11 is 8.80. The second kappa shape index (κ2) is 9.02. The van der Waals surface area contributed by atoms with Crippen molar-refractivity contribution in [3.8, 4) is 0 Å². The third-order valence-corrected chi connectivity index (χ3v) is 7.46. The third-order valence-electron chi connectivity index (χ3n) is 3.91. The van der Waals surface area contributed by atoms with Crippen molar-refractivity contribution in [2.24, 2.45) is 0 Å². The molecule has 142 valence electrons. The fourth-order valence-corrected chi connectivity index (χ4v) is 4.75. The zero-order chi connectivity index (χ0) is 20.3. The highest BCUT2D eigenvalue weighted by Gasteiger charge is 2.28. The van der Waals surface area contributed by atoms with Gasteiger partial charge in [0.25, 0.3) is 0 Å². The molecule has 3 aromatic carbocycles. The molecule has 0 spiro atoms. The summed E-state index contributed by atoms with van der Waals surface area (Å²) in [5, 5.41) is 0. The number of halogens is 3. The summed E-state index contributed by atoms with van der Waals surface area (Å²) < 4.78 is 29.1. The summed E-state index contributed by atoms with van der Waals surface area (Å²) in [5.41, 5.74) is 0.946. The Bertz CT molecular complexity index is 1140. The number of sulfone groups is 1. The van der Waals surface area contributed by atoms with Gasteiger partial charge in [-0.15, -0.1) is 0 Å². The second-order valence-electron chi connectivity index (χ2n) is 5.85. The summed E-state index contributed by atoms with van der Waals surface area (Å²) in [7, 11) is -4.01. The first kappa shape index (κ1) is 21.4. The van der Waals surface area contributed by atoms with E-state index in [1.807, 2.05) is 12.1 Å². The normalized spacial score (nSPS) is 12.0. The Morgan fingerprint density at radius 2 is 1.29 bits per heavy atom. The predicted molar refractivity (Wildman–Crippen MR) is 127 cm³/mol. The van der Waals surface area contributed by atoms with Crippen LogP contribution in [0.4, 0.5) is 0 Å². The fourth-order valence-electron chi connectivity index (χ4n) is 2.46. The molecule has 0 heterocycles. The molecule has 0 unspecified atom stereocenters. The van der Waals surface area contributed by atoms with Crippen LogP contribution in [0.2, 0.25) is 0 Å². The minimum atomic E-state index is -4.01. The van der Waals surface area contributed by atoms with E-state index in [0.29, 0.717) is 11.1 Å². The number of carbonyl (C=O) groups is 1. The number of allylic oxidation sites excluding steroid dienone is 1. The number of ketones is 1. The summed E-state index contributed by atoms with van der Waals surface area (Å²) in [6, 6.07) is 20.2. The maximum absolute atomic E-state index is 13.3. The Kier molecular flexibility index (Phi) is 6.90. The molecule has 0 saturated heterocycles. The largest absolute Gasteiger partial charge is 0.288 e. The molecule has 0 amide bonds. The van der Waals surface area contributed by atoms with Crippen molar-refractivity contribution in [2.75, 3.05) is 0 Å². The summed E-state index contributed by atoms with van der Waals surface area (Å²) in [5.74, 6) is -0.547. The Morgan fingerprint density at radius 3 is 1.82 bits per heavy atom. The van der Waals surface area contributed by atoms with E-state index in [2.05, 4.69) is 54.5 Å². The summed E-state index contributed by atoms with van der Waals surface area (Å²) in [6.07, 6.45) is 1.43. The molecule has 0 fully saturated rings. The van der Waals surface area contributed by atoms with Gasteiger partial charge in [0.15, 0.2) is 0 Å². The van der Waals surface area contributed by atoms with E-state index >= 15 is 0 Å². The highest BCUT2D eigenvalue weighted by Crippen LogP contribution is 2.27. The Morgan fingerprint density at radius 1 is 0.786 bits per heavy atom. The number of benzene rings is 3. The van der Waals surface area contributed by atoms with Crippen molar-refractivity contribution >= 4 is 76.1 Å². The predicted octanol–water partition coefficient (Wildman–Crippen LogP) is 6.51. The number of hydrogen-bond acceptors (Lipinski definition) is 3. The maximum Gasteiger partial charge on any atom is 0.210 e. The number of rotatable bonds is 5. The van der Waals surface area contributed by atoms with E-state index in [-0.39, 0.29) is 9.80 Å². The molecule has 3 aromatic rings. The highest BCUT2D eigenvalue weighted by atomic mass is 127. The molecule has 0 atom stereocenters. The summed E-state index contributed by atoms with van der Waals surface area (Å²) in [4.78, 5) is 12.9. The molecule has 0 aliphatic rings. The van der Waals surface area contributed by atoms with Crippen LogP contribution >= 0.6 is 54.5 Å². The van der Waals surface area contributed by atoms with Gasteiger partial charge >= 0.3 is 0 Å². The van der Waals surface area contributed by atoms with Crippen LogP contribution in [0.1, 0.15) is 15.9 Å². The van der Waals surface area contributed by atoms with Gasteiger partial charge in [-0.2, -0.15) is 0 Å². The van der Waals surface area contributed by atoms with Gasteiger partial charge in [-0.25, -0.2) is 8.42 Å². The lowest BCUT2D eigenvalue weighted by molar-refractivity contribution is 0.104. The molecule has 3 rings (SSSR count). The molecule has 0 N–H and O–H groups in total. The first-order valence-electron chi connectivity index (χ1n) is 8.05. The van der Waals surface area contributed by atoms with Gasteiger partial charge in [0, 0.05) is 18.1 Å². The molecule has 7 heteroatoms. The molecular formula is C21H13Br2IO3S. The zero-order valence-electron chi connectivity index (χ0n) is 14.3. The SMILES string of the molecule is O=C(/C(=C\c1ccc(I)cc1)S(=O)(=O)c1ccc(Br)cc1)c1ccc(Br)cc1. The molecular weight excluding hydrogens is 619 g/mol. The lowest BCUT2D eigenvalue weighted by Crippen LogP contribution is -2.14. The lowest BCUT2D eigenvalue weighted by Gasteiger charge is -2.10. The minimum absolute atomic E-state index is 0.0675. The van der Waals surface area contributed by atoms with E-state index in [1.54, 1.807) is 48.5 Å². The first-order valence-corrected chi connectivity index (χ1v) is 12.2. The van der Waals surface area contributed by atoms with Gasteiger partial charge in [-0.1, -0.05) is 44.0 Å². The van der Waals surface area contributed by atoms with Crippen LogP contribution in [-0.4, -0.2) is 14.2 Å². The van der Waals surface area contributed by atoms with Crippen LogP contribution < -0.4 is 0 Å². The second-order valence-corrected chi connectivity index (χ2v) is 10.8. The van der Waals surface area contributed by atoms with Gasteiger partial charge in [0.05, 0.1) is 4.90 Å². The van der Waals surface area contributed by atoms with E-state index in [9.17, 15) is 13.2 Å². The molecule has 0 saturated carbocycles. The number of hydrogen-bond donors (Lipinski definition) is 0. The van der Waals surface area contributed by atoms with Crippen molar-refractivity contribution in [3.63, 3.8) is 0 Å². The monoisotopic (exact) mass is 630 g/mol. The van der Waals surface area contributed by atoms with Crippen LogP contribution in [0.3, 0.4) is 0 Å². The Labute approximate surface area is 194 Å². The van der Waals surface area contributed by atoms with Crippen molar-refractivity contribution in [1.29, 1.82) is 0 Å². The molecule has 0 aliphatic carbocycles. The average molecular weight is 632 g/mol. The van der Waals surface area contributed by atoms with Gasteiger partial charge in [-0.3, -0.25) is 4.79 Å². The van der Waals surface area contributed by atoms with Gasteiger partial charge in [-0.05, 0) is 94.9 Å². The molecule has 28 heavy (non-hydrogen) atoms. The van der Waals surface area contributed by atoms with Crippen molar-refractivity contribution in [1.82, 2.24) is 0 Å². The van der Waals surface area contributed by atoms with Crippen LogP contribution in [0.5, 0.6) is 0 Å². The molecule has 3 nitrogen and oxygen atoms in total. The van der Waals surface area contributed by atoms with Crippen molar-refractivity contribution in [2.45, 2.75) is 4.90 Å². The maximum atomic E-state index is 13.3. The van der Waals surface area contributed by atoms with Gasteiger partial charge in [0.2, 0.25) is 15.6 Å². The number of Topliss-reactive ketones (excluding diaryl/α,β-unsaturated/α-hetero) is 1. The van der Waals surface area contributed by atoms with Crippen LogP contribution in [0, 0.1) is 3.57 Å². The standard InChI is InChI=1S/C21H13Br2IO3S/c22-16-5-3-15(4-6-16)21(25)20(13-14-1-9-18(24)10-2-14)28(26,27)19-11-7-17(23)8-12-19/h1-13H/b20-13+. The molecule has 0 aromatic heterocycles. The van der Waals surface area contributed by atoms with Crippen molar-refractivity contribution < 1.29 is 13.2 Å². The minimum Gasteiger partial charge on any atom is -0.288 e. The first-order chi connectivity index (χ1) is 13.3. The van der Waals surface area contributed by atoms with E-state index in [1.165, 1.54) is 18.2 Å². The van der Waals surface area contributed by atoms with E-state index < -0.39 is 15.6 Å². The highest BCUT2D eigenvalue weighted by molar-refractivity contribution is 14.1. The van der Waals surface area contributed by atoms with Crippen molar-refractivity contribution in [3.05, 3.63) is 101 Å². The van der Waals surface area contributed by atoms with E-state index in [0.717, 1.165) is 12.5 Å². The summed E-state index contributed by atoms with van der Waals surface area (Å²) in [6.45, 7) is 0. The molecule has 0 aliphatic heterocycles. The topological polar surface area (TPSA) is 51.2 Å². The third kappa shape index (κ3) is 5.00. The van der Waals surface area contributed by atoms with Crippen LogP contribution in [0.15, 0.2) is 91.5 Å². The Hall–Kier alpha value is -1.29. The van der Waals surface area contributed by atoms with Crippen LogP contribution in [0.25, 0.3) is 6.08 Å². The zero-order valence-corrected chi connectivity index (χ0v) is 20.4. The van der Waals surface area contributed by atoms with Gasteiger partial charge in [0.1, 0.15) is 4.91 Å². The fraction of sp³-hybridized carbons (Fsp3) is 0. The Balaban J connectivity index is 2.16. The smallest absolute Gasteiger partial charge is 0.210 e. The lowest BCUT2D eigenvalue weighted by atomic mass is 10.1. The quantitative estimate of drug-likeness (QED) is 0.183. The molecule has 0 bridgehead atoms.